The zero-order valence-corrected chi connectivity index (χ0v) is 13.0. The number of benzene rings is 1. The number of aromatic nitrogens is 3. The monoisotopic (exact) mass is 333 g/mol. The molecule has 0 bridgehead atoms. The van der Waals surface area contributed by atoms with Crippen LogP contribution in [0.3, 0.4) is 0 Å². The minimum atomic E-state index is -0.832. The maximum Gasteiger partial charge on any atom is 0.340 e. The first-order valence-corrected chi connectivity index (χ1v) is 6.66. The molecule has 2 rings (SSSR count). The first-order valence-electron chi connectivity index (χ1n) is 6.66. The molecule has 0 aliphatic rings. The molecule has 0 unspecified atom stereocenters. The Morgan fingerprint density at radius 3 is 2.62 bits per heavy atom. The number of nitro benzene ring substituents is 1. The number of hydrogen-bond donors (Lipinski definition) is 2. The predicted molar refractivity (Wildman–Crippen MR) is 85.2 cm³/mol. The smallest absolute Gasteiger partial charge is 0.340 e. The van der Waals surface area contributed by atoms with Gasteiger partial charge in [0.2, 0.25) is 11.9 Å². The summed E-state index contributed by atoms with van der Waals surface area (Å²) in [6, 6.07) is 3.51. The molecule has 2 aromatic rings. The van der Waals surface area contributed by atoms with Gasteiger partial charge in [0.1, 0.15) is 0 Å². The van der Waals surface area contributed by atoms with Crippen LogP contribution in [-0.4, -0.2) is 39.9 Å². The molecule has 0 radical (unpaired) electrons. The van der Waals surface area contributed by atoms with E-state index < -0.39 is 10.9 Å². The number of nitrogens with zero attached hydrogens (tertiary/aromatic N) is 5. The molecular formula is C13H15N7O4. The Morgan fingerprint density at radius 1 is 1.29 bits per heavy atom. The van der Waals surface area contributed by atoms with Crippen LogP contribution in [0, 0.1) is 10.1 Å². The molecule has 0 aliphatic heterocycles. The average molecular weight is 333 g/mol. The summed E-state index contributed by atoms with van der Waals surface area (Å²) < 4.78 is 5.05. The number of rotatable bonds is 5. The number of nitrogens with two attached hydrogens (primary N) is 2. The molecule has 0 atom stereocenters. The lowest BCUT2D eigenvalue weighted by Crippen LogP contribution is -2.17. The minimum absolute atomic E-state index is 0.0189. The number of carbonyl (C=O) groups is 1. The number of anilines is 3. The van der Waals surface area contributed by atoms with Crippen molar-refractivity contribution in [2.75, 3.05) is 30.5 Å². The summed E-state index contributed by atoms with van der Waals surface area (Å²) in [4.78, 5) is 35.7. The van der Waals surface area contributed by atoms with E-state index in [2.05, 4.69) is 15.0 Å². The van der Waals surface area contributed by atoms with Crippen molar-refractivity contribution < 1.29 is 14.5 Å². The van der Waals surface area contributed by atoms with Crippen LogP contribution in [0.5, 0.6) is 0 Å². The number of esters is 1. The number of ether oxygens (including phenoxy) is 1. The Hall–Kier alpha value is -3.50. The second-order valence-electron chi connectivity index (χ2n) is 4.91. The first-order chi connectivity index (χ1) is 11.3. The van der Waals surface area contributed by atoms with Crippen LogP contribution in [0.1, 0.15) is 16.2 Å². The van der Waals surface area contributed by atoms with Crippen molar-refractivity contribution in [3.8, 4) is 0 Å². The fourth-order valence-electron chi connectivity index (χ4n) is 1.73. The maximum absolute atomic E-state index is 12.1. The van der Waals surface area contributed by atoms with Crippen molar-refractivity contribution in [2.45, 2.75) is 6.61 Å². The van der Waals surface area contributed by atoms with Gasteiger partial charge in [0.05, 0.1) is 10.5 Å². The number of hydrogen-bond acceptors (Lipinski definition) is 10. The van der Waals surface area contributed by atoms with Crippen LogP contribution >= 0.6 is 0 Å². The molecule has 0 saturated carbocycles. The normalized spacial score (nSPS) is 10.2. The van der Waals surface area contributed by atoms with Crippen molar-refractivity contribution in [1.82, 2.24) is 15.0 Å². The first kappa shape index (κ1) is 16.9. The number of nitro groups is 1. The zero-order chi connectivity index (χ0) is 17.9. The van der Waals surface area contributed by atoms with Gasteiger partial charge in [0.25, 0.3) is 5.69 Å². The van der Waals surface area contributed by atoms with Gasteiger partial charge in [-0.1, -0.05) is 0 Å². The minimum Gasteiger partial charge on any atom is -0.454 e. The third-order valence-corrected chi connectivity index (χ3v) is 2.89. The molecule has 0 aliphatic carbocycles. The van der Waals surface area contributed by atoms with Crippen LogP contribution in [0.25, 0.3) is 0 Å². The summed E-state index contributed by atoms with van der Waals surface area (Å²) in [5.41, 5.74) is 10.9. The summed E-state index contributed by atoms with van der Waals surface area (Å²) in [6.07, 6.45) is 0. The quantitative estimate of drug-likeness (QED) is 0.338. The fraction of sp³-hybridized carbons (Fsp3) is 0.231. The van der Waals surface area contributed by atoms with Crippen molar-refractivity contribution in [2.24, 2.45) is 0 Å². The van der Waals surface area contributed by atoms with E-state index in [-0.39, 0.29) is 35.3 Å². The highest BCUT2D eigenvalue weighted by Gasteiger charge is 2.17. The van der Waals surface area contributed by atoms with Gasteiger partial charge in [-0.15, -0.1) is 0 Å². The molecular weight excluding hydrogens is 318 g/mol. The summed E-state index contributed by atoms with van der Waals surface area (Å²) >= 11 is 0. The molecule has 1 aromatic heterocycles. The second kappa shape index (κ2) is 6.73. The highest BCUT2D eigenvalue weighted by Crippen LogP contribution is 2.20. The van der Waals surface area contributed by atoms with Gasteiger partial charge in [-0.25, -0.2) is 4.79 Å². The Bertz CT molecular complexity index is 794. The van der Waals surface area contributed by atoms with Gasteiger partial charge in [0, 0.05) is 31.9 Å². The summed E-state index contributed by atoms with van der Waals surface area (Å²) in [6.45, 7) is -0.283. The standard InChI is InChI=1S/C13H15N7O4/c1-19(2)13-17-10(16-12(15)18-13)6-24-11(21)8-5-7(20(22)23)3-4-9(8)14/h3-5H,6,14H2,1-2H3,(H2,15,16,17,18). The number of non-ortho nitro benzene ring substituents is 1. The second-order valence-corrected chi connectivity index (χ2v) is 4.91. The van der Waals surface area contributed by atoms with Crippen LogP contribution in [0.2, 0.25) is 0 Å². The fourth-order valence-corrected chi connectivity index (χ4v) is 1.73. The van der Waals surface area contributed by atoms with E-state index in [1.807, 2.05) is 0 Å². The lowest BCUT2D eigenvalue weighted by Gasteiger charge is -2.11. The average Bonchev–Trinajstić information content (AvgIpc) is 2.52. The van der Waals surface area contributed by atoms with Crippen molar-refractivity contribution >= 4 is 29.2 Å². The zero-order valence-electron chi connectivity index (χ0n) is 13.0. The lowest BCUT2D eigenvalue weighted by atomic mass is 10.1. The van der Waals surface area contributed by atoms with Crippen LogP contribution < -0.4 is 16.4 Å². The van der Waals surface area contributed by atoms with Crippen molar-refractivity contribution in [1.29, 1.82) is 0 Å². The van der Waals surface area contributed by atoms with Gasteiger partial charge < -0.3 is 21.1 Å². The number of nitrogen functional groups attached to an aromatic ring is 2. The van der Waals surface area contributed by atoms with E-state index >= 15 is 0 Å². The molecule has 24 heavy (non-hydrogen) atoms. The van der Waals surface area contributed by atoms with E-state index in [9.17, 15) is 14.9 Å². The highest BCUT2D eigenvalue weighted by atomic mass is 16.6. The molecule has 0 amide bonds. The molecule has 1 aromatic carbocycles. The Morgan fingerprint density at radius 2 is 2.00 bits per heavy atom. The van der Waals surface area contributed by atoms with Gasteiger partial charge >= 0.3 is 5.97 Å². The van der Waals surface area contributed by atoms with Gasteiger partial charge in [-0.2, -0.15) is 15.0 Å². The molecule has 11 nitrogen and oxygen atoms in total. The topological polar surface area (TPSA) is 163 Å². The summed E-state index contributed by atoms with van der Waals surface area (Å²) in [7, 11) is 3.43. The van der Waals surface area contributed by atoms with E-state index in [1.54, 1.807) is 19.0 Å². The molecule has 11 heteroatoms. The Balaban J connectivity index is 2.17. The summed E-state index contributed by atoms with van der Waals surface area (Å²) in [5.74, 6) is -0.400. The van der Waals surface area contributed by atoms with Crippen LogP contribution in [-0.2, 0) is 11.3 Å². The van der Waals surface area contributed by atoms with Crippen molar-refractivity contribution in [3.05, 3.63) is 39.7 Å². The van der Waals surface area contributed by atoms with E-state index in [0.717, 1.165) is 6.07 Å². The molecule has 0 spiro atoms. The predicted octanol–water partition coefficient (Wildman–Crippen LogP) is 0.367. The maximum atomic E-state index is 12.1. The van der Waals surface area contributed by atoms with Crippen molar-refractivity contribution in [3.63, 3.8) is 0 Å². The van der Waals surface area contributed by atoms with Crippen LogP contribution in [0.15, 0.2) is 18.2 Å². The molecule has 4 N–H and O–H groups in total. The summed E-state index contributed by atoms with van der Waals surface area (Å²) in [5, 5.41) is 10.8. The van der Waals surface area contributed by atoms with E-state index in [1.165, 1.54) is 12.1 Å². The molecule has 0 saturated heterocycles. The van der Waals surface area contributed by atoms with E-state index in [0.29, 0.717) is 5.95 Å². The largest absolute Gasteiger partial charge is 0.454 e. The third kappa shape index (κ3) is 3.82. The van der Waals surface area contributed by atoms with Gasteiger partial charge in [-0.3, -0.25) is 10.1 Å². The SMILES string of the molecule is CN(C)c1nc(N)nc(COC(=O)c2cc([N+](=O)[O-])ccc2N)n1. The molecule has 1 heterocycles. The molecule has 0 fully saturated rings. The van der Waals surface area contributed by atoms with Gasteiger partial charge in [-0.05, 0) is 6.07 Å². The van der Waals surface area contributed by atoms with Gasteiger partial charge in [0.15, 0.2) is 12.4 Å². The third-order valence-electron chi connectivity index (χ3n) is 2.89. The Labute approximate surface area is 136 Å². The molecule has 126 valence electrons. The Kier molecular flexibility index (Phi) is 4.73. The highest BCUT2D eigenvalue weighted by molar-refractivity contribution is 5.95. The number of carbonyl (C=O) groups excluding carboxylic acids is 1. The van der Waals surface area contributed by atoms with E-state index in [4.69, 9.17) is 16.2 Å². The van der Waals surface area contributed by atoms with Crippen LogP contribution in [0.4, 0.5) is 23.3 Å². The lowest BCUT2D eigenvalue weighted by molar-refractivity contribution is -0.384.